The third kappa shape index (κ3) is 4.69. The van der Waals surface area contributed by atoms with Crippen molar-refractivity contribution in [3.63, 3.8) is 0 Å². The van der Waals surface area contributed by atoms with Gasteiger partial charge in [0.1, 0.15) is 0 Å². The van der Waals surface area contributed by atoms with Crippen LogP contribution in [0.2, 0.25) is 0 Å². The fourth-order valence-electron chi connectivity index (χ4n) is 4.88. The molecule has 0 aliphatic carbocycles. The van der Waals surface area contributed by atoms with Crippen LogP contribution in [0, 0.1) is 6.92 Å². The summed E-state index contributed by atoms with van der Waals surface area (Å²) in [5, 5.41) is 2.47. The van der Waals surface area contributed by atoms with Crippen LogP contribution in [-0.2, 0) is 0 Å². The van der Waals surface area contributed by atoms with Gasteiger partial charge in [0.2, 0.25) is 0 Å². The van der Waals surface area contributed by atoms with Gasteiger partial charge in [-0.05, 0) is 82.4 Å². The third-order valence-corrected chi connectivity index (χ3v) is 7.52. The lowest BCUT2D eigenvalue weighted by molar-refractivity contribution is 1.28. The first-order valence-electron chi connectivity index (χ1n) is 12.5. The van der Waals surface area contributed by atoms with E-state index in [0.717, 1.165) is 21.5 Å². The first-order chi connectivity index (χ1) is 18.2. The third-order valence-electron chi connectivity index (χ3n) is 6.83. The molecule has 0 saturated carbocycles. The van der Waals surface area contributed by atoms with E-state index >= 15 is 0 Å². The number of hydrogen-bond donors (Lipinski definition) is 0. The lowest BCUT2D eigenvalue weighted by atomic mass is 9.98. The number of rotatable bonds is 5. The van der Waals surface area contributed by atoms with Gasteiger partial charge in [-0.25, -0.2) is 0 Å². The molecule has 6 rings (SSSR count). The zero-order valence-corrected chi connectivity index (χ0v) is 22.2. The Morgan fingerprint density at radius 2 is 0.919 bits per heavy atom. The number of anilines is 3. The average molecular weight is 541 g/mol. The number of benzene rings is 6. The van der Waals surface area contributed by atoms with Crippen molar-refractivity contribution in [2.45, 2.75) is 6.92 Å². The summed E-state index contributed by atoms with van der Waals surface area (Å²) in [5.41, 5.74) is 9.52. The van der Waals surface area contributed by atoms with Gasteiger partial charge in [0.05, 0.1) is 0 Å². The van der Waals surface area contributed by atoms with Crippen molar-refractivity contribution in [1.82, 2.24) is 0 Å². The van der Waals surface area contributed by atoms with E-state index in [1.165, 1.54) is 38.6 Å². The summed E-state index contributed by atoms with van der Waals surface area (Å²) in [5.74, 6) is 0. The van der Waals surface area contributed by atoms with Crippen LogP contribution < -0.4 is 4.90 Å². The minimum atomic E-state index is 1.12. The molecule has 0 aliphatic rings. The Balaban J connectivity index is 1.41. The fourth-order valence-corrected chi connectivity index (χ4v) is 5.36. The van der Waals surface area contributed by atoms with Gasteiger partial charge in [-0.2, -0.15) is 0 Å². The minimum absolute atomic E-state index is 1.12. The molecule has 0 unspecified atom stereocenters. The Morgan fingerprint density at radius 3 is 1.54 bits per heavy atom. The number of aryl methyl sites for hydroxylation is 1. The maximum atomic E-state index is 3.70. The second-order valence-corrected chi connectivity index (χ2v) is 10.1. The van der Waals surface area contributed by atoms with E-state index in [0.29, 0.717) is 0 Å². The minimum Gasteiger partial charge on any atom is -0.311 e. The topological polar surface area (TPSA) is 3.24 Å². The van der Waals surface area contributed by atoms with Crippen LogP contribution >= 0.6 is 15.9 Å². The van der Waals surface area contributed by atoms with E-state index in [1.54, 1.807) is 0 Å². The van der Waals surface area contributed by atoms with Crippen LogP contribution in [0.3, 0.4) is 0 Å². The van der Waals surface area contributed by atoms with Crippen LogP contribution in [-0.4, -0.2) is 0 Å². The zero-order chi connectivity index (χ0) is 25.2. The fraction of sp³-hybridized carbons (Fsp3) is 0.0286. The van der Waals surface area contributed by atoms with Crippen molar-refractivity contribution in [2.75, 3.05) is 4.90 Å². The first kappa shape index (κ1) is 23.3. The second kappa shape index (κ2) is 10.1. The Labute approximate surface area is 226 Å². The van der Waals surface area contributed by atoms with Crippen LogP contribution in [0.5, 0.6) is 0 Å². The van der Waals surface area contributed by atoms with Gasteiger partial charge in [-0.1, -0.05) is 119 Å². The molecule has 6 aromatic rings. The molecule has 0 heterocycles. The number of nitrogens with zero attached hydrogens (tertiary/aromatic N) is 1. The van der Waals surface area contributed by atoms with Crippen LogP contribution in [0.1, 0.15) is 5.56 Å². The van der Waals surface area contributed by atoms with Crippen molar-refractivity contribution < 1.29 is 0 Å². The first-order valence-corrected chi connectivity index (χ1v) is 13.3. The van der Waals surface area contributed by atoms with Crippen molar-refractivity contribution in [1.29, 1.82) is 0 Å². The molecule has 0 atom stereocenters. The summed E-state index contributed by atoms with van der Waals surface area (Å²) in [6.45, 7) is 2.13. The molecule has 1 nitrogen and oxygen atoms in total. The lowest BCUT2D eigenvalue weighted by Gasteiger charge is -2.26. The summed E-state index contributed by atoms with van der Waals surface area (Å²) in [4.78, 5) is 2.32. The number of fused-ring (bicyclic) bond motifs is 1. The Morgan fingerprint density at radius 1 is 0.432 bits per heavy atom. The molecule has 2 heteroatoms. The maximum Gasteiger partial charge on any atom is 0.0462 e. The standard InChI is InChI=1S/C35H26BrN/c1-25-11-17-29(18-12-25)37(30-19-13-27(14-20-30)26-7-3-2-4-8-26)31-21-15-28(16-22-31)32-23-24-35(36)34-10-6-5-9-33(32)34/h2-24H,1H3. The monoisotopic (exact) mass is 539 g/mol. The number of halogens is 1. The van der Waals surface area contributed by atoms with E-state index in [-0.39, 0.29) is 0 Å². The summed E-state index contributed by atoms with van der Waals surface area (Å²) in [6, 6.07) is 49.8. The molecule has 0 bridgehead atoms. The van der Waals surface area contributed by atoms with Crippen LogP contribution in [0.15, 0.2) is 144 Å². The smallest absolute Gasteiger partial charge is 0.0462 e. The van der Waals surface area contributed by atoms with Crippen molar-refractivity contribution in [2.24, 2.45) is 0 Å². The van der Waals surface area contributed by atoms with Crippen LogP contribution in [0.25, 0.3) is 33.0 Å². The van der Waals surface area contributed by atoms with Gasteiger partial charge in [0, 0.05) is 21.5 Å². The van der Waals surface area contributed by atoms with Crippen molar-refractivity contribution >= 4 is 43.8 Å². The molecule has 0 aliphatic heterocycles. The van der Waals surface area contributed by atoms with Gasteiger partial charge in [0.25, 0.3) is 0 Å². The lowest BCUT2D eigenvalue weighted by Crippen LogP contribution is -2.09. The molecule has 0 aromatic heterocycles. The normalized spacial score (nSPS) is 11.0. The predicted molar refractivity (Wildman–Crippen MR) is 162 cm³/mol. The highest BCUT2D eigenvalue weighted by Crippen LogP contribution is 2.38. The van der Waals surface area contributed by atoms with E-state index in [2.05, 4.69) is 167 Å². The quantitative estimate of drug-likeness (QED) is 0.210. The van der Waals surface area contributed by atoms with Gasteiger partial charge >= 0.3 is 0 Å². The second-order valence-electron chi connectivity index (χ2n) is 9.27. The van der Waals surface area contributed by atoms with Gasteiger partial charge in [-0.3, -0.25) is 0 Å². The molecule has 0 spiro atoms. The van der Waals surface area contributed by atoms with Gasteiger partial charge in [-0.15, -0.1) is 0 Å². The summed E-state index contributed by atoms with van der Waals surface area (Å²) >= 11 is 3.70. The molecule has 0 saturated heterocycles. The van der Waals surface area contributed by atoms with Gasteiger partial charge in [0.15, 0.2) is 0 Å². The largest absolute Gasteiger partial charge is 0.311 e. The predicted octanol–water partition coefficient (Wildman–Crippen LogP) is 10.7. The van der Waals surface area contributed by atoms with Crippen LogP contribution in [0.4, 0.5) is 17.1 Å². The van der Waals surface area contributed by atoms with Crippen molar-refractivity contribution in [3.05, 3.63) is 150 Å². The molecular formula is C35H26BrN. The van der Waals surface area contributed by atoms with E-state index in [1.807, 2.05) is 0 Å². The van der Waals surface area contributed by atoms with Crippen molar-refractivity contribution in [3.8, 4) is 22.3 Å². The molecule has 37 heavy (non-hydrogen) atoms. The Kier molecular flexibility index (Phi) is 6.34. The molecule has 0 radical (unpaired) electrons. The molecule has 0 fully saturated rings. The average Bonchev–Trinajstić information content (AvgIpc) is 2.96. The Hall–Kier alpha value is -4.14. The Bertz CT molecular complexity index is 1650. The summed E-state index contributed by atoms with van der Waals surface area (Å²) in [7, 11) is 0. The number of hydrogen-bond acceptors (Lipinski definition) is 1. The highest BCUT2D eigenvalue weighted by atomic mass is 79.9. The molecule has 0 N–H and O–H groups in total. The SMILES string of the molecule is Cc1ccc(N(c2ccc(-c3ccccc3)cc2)c2ccc(-c3ccc(Br)c4ccccc34)cc2)cc1. The van der Waals surface area contributed by atoms with E-state index in [4.69, 9.17) is 0 Å². The maximum absolute atomic E-state index is 3.70. The molecular weight excluding hydrogens is 514 g/mol. The molecule has 178 valence electrons. The molecule has 0 amide bonds. The molecule has 6 aromatic carbocycles. The highest BCUT2D eigenvalue weighted by molar-refractivity contribution is 9.10. The van der Waals surface area contributed by atoms with E-state index in [9.17, 15) is 0 Å². The van der Waals surface area contributed by atoms with Gasteiger partial charge < -0.3 is 4.90 Å². The highest BCUT2D eigenvalue weighted by Gasteiger charge is 2.14. The summed E-state index contributed by atoms with van der Waals surface area (Å²) in [6.07, 6.45) is 0. The zero-order valence-electron chi connectivity index (χ0n) is 20.6. The summed E-state index contributed by atoms with van der Waals surface area (Å²) < 4.78 is 1.12. The van der Waals surface area contributed by atoms with E-state index < -0.39 is 0 Å².